The summed E-state index contributed by atoms with van der Waals surface area (Å²) in [7, 11) is 1.69. The zero-order valence-electron chi connectivity index (χ0n) is 18.7. The van der Waals surface area contributed by atoms with E-state index in [2.05, 4.69) is 19.1 Å². The van der Waals surface area contributed by atoms with Crippen molar-refractivity contribution < 1.29 is 9.53 Å². The van der Waals surface area contributed by atoms with Crippen molar-refractivity contribution in [1.29, 1.82) is 0 Å². The molecule has 3 heteroatoms. The molecule has 0 N–H and O–H groups in total. The molecule has 0 aromatic heterocycles. The molecule has 0 spiro atoms. The second-order valence-electron chi connectivity index (χ2n) is 7.95. The maximum atomic E-state index is 13.2. The standard InChI is InChI=1S/C28H33NO2/c1-3-23(11-10-12-24-17-20-27(31-2)21-18-24)19-22-28(30)29(25-13-6-4-7-14-25)26-15-8-5-9-16-26/h4-9,13-18,20-21,23H,3,10-12,19,22H2,1-2H3/t23-/m1/s1. The number of amides is 1. The van der Waals surface area contributed by atoms with Gasteiger partial charge in [0, 0.05) is 17.8 Å². The van der Waals surface area contributed by atoms with Gasteiger partial charge in [-0.3, -0.25) is 9.69 Å². The fourth-order valence-electron chi connectivity index (χ4n) is 3.97. The van der Waals surface area contributed by atoms with Gasteiger partial charge in [-0.2, -0.15) is 0 Å². The van der Waals surface area contributed by atoms with Crippen LogP contribution >= 0.6 is 0 Å². The minimum Gasteiger partial charge on any atom is -0.497 e. The summed E-state index contributed by atoms with van der Waals surface area (Å²) in [6, 6.07) is 28.2. The van der Waals surface area contributed by atoms with E-state index in [1.54, 1.807) is 7.11 Å². The van der Waals surface area contributed by atoms with E-state index in [4.69, 9.17) is 4.74 Å². The van der Waals surface area contributed by atoms with Crippen LogP contribution in [0.2, 0.25) is 0 Å². The van der Waals surface area contributed by atoms with Gasteiger partial charge in [-0.25, -0.2) is 0 Å². The largest absolute Gasteiger partial charge is 0.497 e. The Labute approximate surface area is 186 Å². The van der Waals surface area contributed by atoms with Gasteiger partial charge in [-0.1, -0.05) is 68.3 Å². The Morgan fingerprint density at radius 3 is 1.94 bits per heavy atom. The third-order valence-corrected chi connectivity index (χ3v) is 5.86. The second kappa shape index (κ2) is 11.9. The molecule has 0 saturated heterocycles. The molecule has 0 aliphatic carbocycles. The summed E-state index contributed by atoms with van der Waals surface area (Å²) in [5, 5.41) is 0. The van der Waals surface area contributed by atoms with Crippen molar-refractivity contribution in [2.24, 2.45) is 5.92 Å². The molecule has 0 aliphatic rings. The maximum absolute atomic E-state index is 13.2. The van der Waals surface area contributed by atoms with Crippen LogP contribution < -0.4 is 9.64 Å². The van der Waals surface area contributed by atoms with Crippen LogP contribution in [-0.4, -0.2) is 13.0 Å². The predicted octanol–water partition coefficient (Wildman–Crippen LogP) is 7.19. The quantitative estimate of drug-likeness (QED) is 0.332. The van der Waals surface area contributed by atoms with E-state index in [-0.39, 0.29) is 5.91 Å². The summed E-state index contributed by atoms with van der Waals surface area (Å²) in [5.74, 6) is 1.62. The van der Waals surface area contributed by atoms with Crippen molar-refractivity contribution in [2.75, 3.05) is 12.0 Å². The summed E-state index contributed by atoms with van der Waals surface area (Å²) >= 11 is 0. The molecule has 0 fully saturated rings. The lowest BCUT2D eigenvalue weighted by Gasteiger charge is -2.24. The average molecular weight is 416 g/mol. The molecule has 0 radical (unpaired) electrons. The first kappa shape index (κ1) is 22.6. The molecule has 31 heavy (non-hydrogen) atoms. The Morgan fingerprint density at radius 1 is 0.839 bits per heavy atom. The monoisotopic (exact) mass is 415 g/mol. The molecule has 3 nitrogen and oxygen atoms in total. The van der Waals surface area contributed by atoms with Crippen LogP contribution in [0.4, 0.5) is 11.4 Å². The van der Waals surface area contributed by atoms with Crippen LogP contribution in [0.25, 0.3) is 0 Å². The van der Waals surface area contributed by atoms with Crippen LogP contribution in [0.1, 0.15) is 44.6 Å². The minimum atomic E-state index is 0.158. The number of aryl methyl sites for hydroxylation is 1. The third kappa shape index (κ3) is 6.71. The molecule has 3 rings (SSSR count). The second-order valence-corrected chi connectivity index (χ2v) is 7.95. The number of anilines is 2. The van der Waals surface area contributed by atoms with E-state index in [0.717, 1.165) is 49.2 Å². The van der Waals surface area contributed by atoms with E-state index < -0.39 is 0 Å². The van der Waals surface area contributed by atoms with Gasteiger partial charge in [0.15, 0.2) is 0 Å². The van der Waals surface area contributed by atoms with Crippen LogP contribution in [0.15, 0.2) is 84.9 Å². The van der Waals surface area contributed by atoms with Gasteiger partial charge in [0.25, 0.3) is 0 Å². The Hall–Kier alpha value is -3.07. The maximum Gasteiger partial charge on any atom is 0.231 e. The zero-order valence-corrected chi connectivity index (χ0v) is 18.7. The lowest BCUT2D eigenvalue weighted by molar-refractivity contribution is -0.118. The van der Waals surface area contributed by atoms with E-state index in [9.17, 15) is 4.79 Å². The molecular weight excluding hydrogens is 382 g/mol. The number of nitrogens with zero attached hydrogens (tertiary/aromatic N) is 1. The number of benzene rings is 3. The minimum absolute atomic E-state index is 0.158. The van der Waals surface area contributed by atoms with Crippen LogP contribution in [-0.2, 0) is 11.2 Å². The fraction of sp³-hybridized carbons (Fsp3) is 0.321. The molecule has 0 saturated carbocycles. The first-order valence-corrected chi connectivity index (χ1v) is 11.3. The van der Waals surface area contributed by atoms with Gasteiger partial charge in [-0.15, -0.1) is 0 Å². The molecule has 1 atom stereocenters. The van der Waals surface area contributed by atoms with Gasteiger partial charge in [0.1, 0.15) is 5.75 Å². The van der Waals surface area contributed by atoms with Crippen LogP contribution in [0.5, 0.6) is 5.75 Å². The number of para-hydroxylation sites is 2. The van der Waals surface area contributed by atoms with Crippen molar-refractivity contribution in [2.45, 2.75) is 45.4 Å². The predicted molar refractivity (Wildman–Crippen MR) is 129 cm³/mol. The van der Waals surface area contributed by atoms with Crippen molar-refractivity contribution in [3.8, 4) is 5.75 Å². The highest BCUT2D eigenvalue weighted by Crippen LogP contribution is 2.28. The summed E-state index contributed by atoms with van der Waals surface area (Å²) in [6.07, 6.45) is 5.94. The highest BCUT2D eigenvalue weighted by Gasteiger charge is 2.19. The number of methoxy groups -OCH3 is 1. The van der Waals surface area contributed by atoms with Gasteiger partial charge in [-0.05, 0) is 67.1 Å². The van der Waals surface area contributed by atoms with Crippen molar-refractivity contribution in [3.63, 3.8) is 0 Å². The Bertz CT molecular complexity index is 867. The molecule has 0 bridgehead atoms. The molecular formula is C28H33NO2. The molecule has 0 heterocycles. The molecule has 3 aromatic rings. The van der Waals surface area contributed by atoms with E-state index >= 15 is 0 Å². The Balaban J connectivity index is 1.55. The van der Waals surface area contributed by atoms with Crippen molar-refractivity contribution in [3.05, 3.63) is 90.5 Å². The molecule has 162 valence electrons. The summed E-state index contributed by atoms with van der Waals surface area (Å²) < 4.78 is 5.23. The van der Waals surface area contributed by atoms with Crippen LogP contribution in [0, 0.1) is 5.92 Å². The number of hydrogen-bond acceptors (Lipinski definition) is 2. The first-order chi connectivity index (χ1) is 15.2. The summed E-state index contributed by atoms with van der Waals surface area (Å²) in [6.45, 7) is 2.23. The lowest BCUT2D eigenvalue weighted by atomic mass is 9.92. The average Bonchev–Trinajstić information content (AvgIpc) is 2.83. The number of ether oxygens (including phenoxy) is 1. The third-order valence-electron chi connectivity index (χ3n) is 5.86. The van der Waals surface area contributed by atoms with Gasteiger partial charge < -0.3 is 4.74 Å². The normalized spacial score (nSPS) is 11.7. The number of hydrogen-bond donors (Lipinski definition) is 0. The Kier molecular flexibility index (Phi) is 8.71. The van der Waals surface area contributed by atoms with Gasteiger partial charge in [0.2, 0.25) is 5.91 Å². The van der Waals surface area contributed by atoms with Crippen LogP contribution in [0.3, 0.4) is 0 Å². The van der Waals surface area contributed by atoms with Gasteiger partial charge in [0.05, 0.1) is 7.11 Å². The number of carbonyl (C=O) groups is 1. The highest BCUT2D eigenvalue weighted by atomic mass is 16.5. The van der Waals surface area contributed by atoms with E-state index in [0.29, 0.717) is 12.3 Å². The molecule has 0 aliphatic heterocycles. The van der Waals surface area contributed by atoms with E-state index in [1.165, 1.54) is 5.56 Å². The lowest BCUT2D eigenvalue weighted by Crippen LogP contribution is -2.26. The van der Waals surface area contributed by atoms with Gasteiger partial charge >= 0.3 is 0 Å². The molecule has 1 amide bonds. The SMILES string of the molecule is CC[C@H](CCCc1ccc(OC)cc1)CCC(=O)N(c1ccccc1)c1ccccc1. The molecule has 3 aromatic carbocycles. The van der Waals surface area contributed by atoms with Crippen molar-refractivity contribution >= 4 is 17.3 Å². The first-order valence-electron chi connectivity index (χ1n) is 11.3. The number of rotatable bonds is 11. The highest BCUT2D eigenvalue weighted by molar-refractivity contribution is 6.00. The number of carbonyl (C=O) groups excluding carboxylic acids is 1. The molecule has 0 unspecified atom stereocenters. The Morgan fingerprint density at radius 2 is 1.42 bits per heavy atom. The smallest absolute Gasteiger partial charge is 0.231 e. The zero-order chi connectivity index (χ0) is 21.9. The topological polar surface area (TPSA) is 29.5 Å². The fourth-order valence-corrected chi connectivity index (χ4v) is 3.97. The summed E-state index contributed by atoms with van der Waals surface area (Å²) in [5.41, 5.74) is 3.18. The summed E-state index contributed by atoms with van der Waals surface area (Å²) in [4.78, 5) is 15.1. The van der Waals surface area contributed by atoms with E-state index in [1.807, 2.05) is 77.7 Å². The van der Waals surface area contributed by atoms with Crippen molar-refractivity contribution in [1.82, 2.24) is 0 Å².